The summed E-state index contributed by atoms with van der Waals surface area (Å²) in [6, 6.07) is 18.4. The molecule has 0 saturated heterocycles. The van der Waals surface area contributed by atoms with E-state index >= 15 is 0 Å². The third kappa shape index (κ3) is 7.73. The van der Waals surface area contributed by atoms with Crippen molar-refractivity contribution in [3.8, 4) is 0 Å². The largest absolute Gasteiger partial charge is 0.743 e. The molecule has 7 heteroatoms. The highest BCUT2D eigenvalue weighted by molar-refractivity contribution is 7.86. The van der Waals surface area contributed by atoms with Gasteiger partial charge in [-0.3, -0.25) is 0 Å². The zero-order valence-electron chi connectivity index (χ0n) is 22.2. The van der Waals surface area contributed by atoms with E-state index in [0.29, 0.717) is 12.3 Å². The molecule has 3 nitrogen and oxygen atoms in total. The summed E-state index contributed by atoms with van der Waals surface area (Å²) >= 11 is -0.0703. The molecule has 2 aromatic rings. The Hall–Kier alpha value is -1.06. The van der Waals surface area contributed by atoms with Crippen LogP contribution in [0.2, 0.25) is 0 Å². The standard InChI is InChI=1S/C20H26I.C9H14F2O3S/c1-19(2,3)15-7-11-17(12-8-15)21-18-13-9-16(10-14-18)20(4,5)6;10-9(11,15(12,13)14)5-8-4-6-1-2-7(8)3-6/h7-14H,1-6H3;6-8H,1-5H2,(H,12,13,14)/q+1;/p-1. The number of alkyl halides is 2. The second-order valence-corrected chi connectivity index (χ2v) is 16.9. The van der Waals surface area contributed by atoms with Gasteiger partial charge < -0.3 is 4.55 Å². The predicted octanol–water partition coefficient (Wildman–Crippen LogP) is 4.36. The summed E-state index contributed by atoms with van der Waals surface area (Å²) in [6.07, 6.45) is 2.79. The smallest absolute Gasteiger partial charge is 0.357 e. The van der Waals surface area contributed by atoms with Gasteiger partial charge in [-0.05, 0) is 83.2 Å². The molecule has 2 aliphatic rings. The number of hydrogen-bond acceptors (Lipinski definition) is 3. The molecule has 3 unspecified atom stereocenters. The van der Waals surface area contributed by atoms with Gasteiger partial charge in [0.15, 0.2) is 17.3 Å². The van der Waals surface area contributed by atoms with Gasteiger partial charge in [0.05, 0.1) is 0 Å². The summed E-state index contributed by atoms with van der Waals surface area (Å²) in [6.45, 7) is 13.6. The van der Waals surface area contributed by atoms with Gasteiger partial charge >= 0.3 is 26.5 Å². The normalized spacial score (nSPS) is 22.3. The fourth-order valence-corrected chi connectivity index (χ4v) is 7.76. The van der Waals surface area contributed by atoms with Gasteiger partial charge in [0.2, 0.25) is 0 Å². The van der Waals surface area contributed by atoms with Crippen LogP contribution >= 0.6 is 0 Å². The lowest BCUT2D eigenvalue weighted by atomic mass is 9.86. The van der Waals surface area contributed by atoms with Crippen molar-refractivity contribution in [2.24, 2.45) is 17.8 Å². The van der Waals surface area contributed by atoms with Crippen LogP contribution in [0.15, 0.2) is 48.5 Å². The molecule has 2 bridgehead atoms. The van der Waals surface area contributed by atoms with E-state index in [9.17, 15) is 21.8 Å². The molecule has 2 aromatic carbocycles. The van der Waals surface area contributed by atoms with Crippen LogP contribution in [0.4, 0.5) is 8.78 Å². The Bertz CT molecular complexity index is 1060. The minimum absolute atomic E-state index is 0.0703. The summed E-state index contributed by atoms with van der Waals surface area (Å²) in [5.41, 5.74) is 3.31. The Balaban J connectivity index is 0.000000212. The highest BCUT2D eigenvalue weighted by Crippen LogP contribution is 2.51. The summed E-state index contributed by atoms with van der Waals surface area (Å²) < 4.78 is 60.0. The molecular weight excluding hydrogens is 593 g/mol. The van der Waals surface area contributed by atoms with Crippen LogP contribution < -0.4 is 21.2 Å². The Morgan fingerprint density at radius 2 is 1.25 bits per heavy atom. The second-order valence-electron chi connectivity index (χ2n) is 12.3. The van der Waals surface area contributed by atoms with E-state index in [1.165, 1.54) is 18.3 Å². The first kappa shape index (κ1) is 29.5. The maximum Gasteiger partial charge on any atom is 0.357 e. The average molecular weight is 633 g/mol. The van der Waals surface area contributed by atoms with Crippen molar-refractivity contribution < 1.29 is 43.0 Å². The molecule has 0 spiro atoms. The Kier molecular flexibility index (Phi) is 8.99. The third-order valence-electron chi connectivity index (χ3n) is 7.39. The first-order valence-electron chi connectivity index (χ1n) is 12.6. The van der Waals surface area contributed by atoms with Gasteiger partial charge in [0.25, 0.3) is 0 Å². The van der Waals surface area contributed by atoms with Crippen LogP contribution in [-0.2, 0) is 20.9 Å². The number of hydrogen-bond donors (Lipinski definition) is 0. The fourth-order valence-electron chi connectivity index (χ4n) is 5.19. The van der Waals surface area contributed by atoms with Crippen molar-refractivity contribution in [1.29, 1.82) is 0 Å². The van der Waals surface area contributed by atoms with E-state index < -0.39 is 21.8 Å². The minimum Gasteiger partial charge on any atom is -0.743 e. The van der Waals surface area contributed by atoms with Crippen molar-refractivity contribution in [2.45, 2.75) is 89.7 Å². The maximum atomic E-state index is 13.0. The molecule has 0 aromatic heterocycles. The van der Waals surface area contributed by atoms with E-state index in [4.69, 9.17) is 0 Å². The zero-order valence-corrected chi connectivity index (χ0v) is 25.1. The maximum absolute atomic E-state index is 13.0. The van der Waals surface area contributed by atoms with E-state index in [1.807, 2.05) is 0 Å². The third-order valence-corrected chi connectivity index (χ3v) is 11.0. The first-order valence-corrected chi connectivity index (χ1v) is 16.2. The molecule has 4 rings (SSSR count). The van der Waals surface area contributed by atoms with E-state index in [-0.39, 0.29) is 43.9 Å². The van der Waals surface area contributed by atoms with Crippen LogP contribution in [0.1, 0.15) is 84.8 Å². The molecule has 2 aliphatic carbocycles. The Morgan fingerprint density at radius 1 is 0.806 bits per heavy atom. The van der Waals surface area contributed by atoms with Crippen molar-refractivity contribution >= 4 is 10.1 Å². The lowest BCUT2D eigenvalue weighted by Crippen LogP contribution is -3.61. The molecular formula is C29H39F2IO3S. The van der Waals surface area contributed by atoms with Gasteiger partial charge in [0, 0.05) is 6.42 Å². The molecule has 0 heterocycles. The predicted molar refractivity (Wildman–Crippen MR) is 136 cm³/mol. The quantitative estimate of drug-likeness (QED) is 0.364. The van der Waals surface area contributed by atoms with E-state index in [1.54, 1.807) is 0 Å². The van der Waals surface area contributed by atoms with E-state index in [0.717, 1.165) is 19.3 Å². The van der Waals surface area contributed by atoms with Crippen LogP contribution in [0, 0.1) is 24.9 Å². The average Bonchev–Trinajstić information content (AvgIpc) is 3.36. The highest BCUT2D eigenvalue weighted by atomic mass is 127. The summed E-state index contributed by atoms with van der Waals surface area (Å²) in [7, 11) is -5.49. The van der Waals surface area contributed by atoms with Crippen molar-refractivity contribution in [1.82, 2.24) is 0 Å². The number of halogens is 3. The van der Waals surface area contributed by atoms with Gasteiger partial charge in [0.1, 0.15) is 0 Å². The fraction of sp³-hybridized carbons (Fsp3) is 0.586. The summed E-state index contributed by atoms with van der Waals surface area (Å²) in [5.74, 6) is 0.412. The molecule has 0 aliphatic heterocycles. The molecule has 0 radical (unpaired) electrons. The monoisotopic (exact) mass is 632 g/mol. The van der Waals surface area contributed by atoms with Crippen LogP contribution in [-0.4, -0.2) is 18.2 Å². The van der Waals surface area contributed by atoms with E-state index in [2.05, 4.69) is 90.1 Å². The molecule has 0 N–H and O–H groups in total. The molecule has 36 heavy (non-hydrogen) atoms. The van der Waals surface area contributed by atoms with Crippen molar-refractivity contribution in [2.75, 3.05) is 0 Å². The highest BCUT2D eigenvalue weighted by Gasteiger charge is 2.47. The van der Waals surface area contributed by atoms with Crippen molar-refractivity contribution in [3.05, 3.63) is 66.8 Å². The summed E-state index contributed by atoms with van der Waals surface area (Å²) in [5, 5.41) is -4.08. The Labute approximate surface area is 226 Å². The first-order chi connectivity index (χ1) is 16.5. The van der Waals surface area contributed by atoms with Gasteiger partial charge in [-0.2, -0.15) is 8.78 Å². The van der Waals surface area contributed by atoms with Crippen LogP contribution in [0.25, 0.3) is 0 Å². The van der Waals surface area contributed by atoms with Gasteiger partial charge in [-0.1, -0.05) is 72.2 Å². The lowest BCUT2D eigenvalue weighted by molar-refractivity contribution is -0.597. The van der Waals surface area contributed by atoms with Crippen LogP contribution in [0.5, 0.6) is 0 Å². The minimum atomic E-state index is -5.49. The SMILES string of the molecule is CC(C)(C)c1ccc([I+]c2ccc(C(C)(C)C)cc2)cc1.O=S(=O)([O-])C(F)(F)CC1CC2CCC1C2. The van der Waals surface area contributed by atoms with Crippen molar-refractivity contribution in [3.63, 3.8) is 0 Å². The van der Waals surface area contributed by atoms with Gasteiger partial charge in [-0.25, -0.2) is 8.42 Å². The zero-order chi connectivity index (χ0) is 26.9. The number of rotatable bonds is 5. The molecule has 3 atom stereocenters. The lowest BCUT2D eigenvalue weighted by Gasteiger charge is -2.27. The molecule has 2 saturated carbocycles. The second kappa shape index (κ2) is 11.0. The number of benzene rings is 2. The number of fused-ring (bicyclic) bond motifs is 2. The summed E-state index contributed by atoms with van der Waals surface area (Å²) in [4.78, 5) is 0. The molecule has 2 fully saturated rings. The molecule has 200 valence electrons. The Morgan fingerprint density at radius 3 is 1.56 bits per heavy atom. The van der Waals surface area contributed by atoms with Crippen LogP contribution in [0.3, 0.4) is 0 Å². The topological polar surface area (TPSA) is 57.2 Å². The van der Waals surface area contributed by atoms with Gasteiger partial charge in [-0.15, -0.1) is 0 Å². The molecule has 0 amide bonds.